The van der Waals surface area contributed by atoms with Crippen LogP contribution in [0.25, 0.3) is 40.1 Å². The number of para-hydroxylation sites is 2. The van der Waals surface area contributed by atoms with Gasteiger partial charge in [0.25, 0.3) is 0 Å². The molecule has 2 heterocycles. The van der Waals surface area contributed by atoms with Gasteiger partial charge in [0.2, 0.25) is 0 Å². The van der Waals surface area contributed by atoms with Gasteiger partial charge in [-0.15, -0.1) is 0 Å². The first-order valence-corrected chi connectivity index (χ1v) is 10.0. The average Bonchev–Trinajstić information content (AvgIpc) is 3.22. The molecular formula is C27H19N3O. The Morgan fingerprint density at radius 3 is 2.39 bits per heavy atom. The van der Waals surface area contributed by atoms with Crippen molar-refractivity contribution >= 4 is 28.8 Å². The molecule has 0 amide bonds. The van der Waals surface area contributed by atoms with Gasteiger partial charge in [0.05, 0.1) is 23.8 Å². The van der Waals surface area contributed by atoms with E-state index in [0.717, 1.165) is 39.2 Å². The lowest BCUT2D eigenvalue weighted by atomic mass is 10.0. The van der Waals surface area contributed by atoms with Crippen molar-refractivity contribution in [1.82, 2.24) is 9.38 Å². The van der Waals surface area contributed by atoms with Crippen molar-refractivity contribution in [2.24, 2.45) is 0 Å². The van der Waals surface area contributed by atoms with E-state index in [-0.39, 0.29) is 0 Å². The topological polar surface area (TPSA) is 50.3 Å². The molecule has 0 saturated carbocycles. The van der Waals surface area contributed by atoms with Crippen molar-refractivity contribution in [3.8, 4) is 23.1 Å². The molecule has 0 bridgehead atoms. The van der Waals surface area contributed by atoms with Crippen LogP contribution in [0, 0.1) is 11.3 Å². The molecule has 31 heavy (non-hydrogen) atoms. The molecule has 2 aromatic heterocycles. The summed E-state index contributed by atoms with van der Waals surface area (Å²) >= 11 is 0. The molecule has 0 aliphatic carbocycles. The van der Waals surface area contributed by atoms with E-state index in [2.05, 4.69) is 28.7 Å². The lowest BCUT2D eigenvalue weighted by Crippen LogP contribution is -1.98. The van der Waals surface area contributed by atoms with Gasteiger partial charge in [-0.2, -0.15) is 5.26 Å². The van der Waals surface area contributed by atoms with Crippen molar-refractivity contribution in [2.75, 3.05) is 7.11 Å². The predicted molar refractivity (Wildman–Crippen MR) is 125 cm³/mol. The van der Waals surface area contributed by atoms with E-state index in [1.165, 1.54) is 0 Å². The summed E-state index contributed by atoms with van der Waals surface area (Å²) in [4.78, 5) is 4.80. The number of benzene rings is 3. The number of imidazole rings is 1. The van der Waals surface area contributed by atoms with E-state index in [9.17, 15) is 5.26 Å². The Kier molecular flexibility index (Phi) is 4.70. The minimum Gasteiger partial charge on any atom is -0.497 e. The Morgan fingerprint density at radius 2 is 1.65 bits per heavy atom. The van der Waals surface area contributed by atoms with Gasteiger partial charge in [-0.05, 0) is 47.0 Å². The summed E-state index contributed by atoms with van der Waals surface area (Å²) in [5, 5.41) is 10.0. The van der Waals surface area contributed by atoms with Crippen molar-refractivity contribution in [1.29, 1.82) is 5.26 Å². The highest BCUT2D eigenvalue weighted by atomic mass is 16.5. The standard InChI is InChI=1S/C27H19N3O/c1-31-22-15-12-19(13-16-22)11-14-21-17-26(20-7-3-2-4-8-20)30-25-10-6-5-9-24(25)29-27(30)23(21)18-28/h2-17H,1H3/b14-11+. The summed E-state index contributed by atoms with van der Waals surface area (Å²) in [7, 11) is 1.65. The molecule has 4 nitrogen and oxygen atoms in total. The number of rotatable bonds is 4. The van der Waals surface area contributed by atoms with Crippen LogP contribution < -0.4 is 4.74 Å². The monoisotopic (exact) mass is 401 g/mol. The molecule has 4 heteroatoms. The third-order valence-electron chi connectivity index (χ3n) is 5.36. The maximum absolute atomic E-state index is 10.0. The smallest absolute Gasteiger partial charge is 0.157 e. The summed E-state index contributed by atoms with van der Waals surface area (Å²) in [5.74, 6) is 0.812. The van der Waals surface area contributed by atoms with Crippen LogP contribution in [-0.4, -0.2) is 16.5 Å². The van der Waals surface area contributed by atoms with E-state index in [1.54, 1.807) is 7.11 Å². The molecule has 0 N–H and O–H groups in total. The second kappa shape index (κ2) is 7.81. The number of aromatic nitrogens is 2. The molecule has 3 aromatic carbocycles. The van der Waals surface area contributed by atoms with E-state index < -0.39 is 0 Å². The molecular weight excluding hydrogens is 382 g/mol. The Hall–Kier alpha value is -4.36. The molecule has 0 saturated heterocycles. The number of nitrogens with zero attached hydrogens (tertiary/aromatic N) is 3. The zero-order valence-electron chi connectivity index (χ0n) is 17.0. The first-order chi connectivity index (χ1) is 15.3. The third kappa shape index (κ3) is 3.33. The summed E-state index contributed by atoms with van der Waals surface area (Å²) in [6, 6.07) is 30.4. The first kappa shape index (κ1) is 18.7. The van der Waals surface area contributed by atoms with Crippen LogP contribution in [0.5, 0.6) is 5.75 Å². The van der Waals surface area contributed by atoms with Gasteiger partial charge in [0, 0.05) is 0 Å². The highest BCUT2D eigenvalue weighted by molar-refractivity contribution is 5.89. The Morgan fingerprint density at radius 1 is 0.903 bits per heavy atom. The second-order valence-electron chi connectivity index (χ2n) is 7.20. The summed E-state index contributed by atoms with van der Waals surface area (Å²) in [6.07, 6.45) is 3.98. The molecule has 0 spiro atoms. The molecule has 5 aromatic rings. The molecule has 5 rings (SSSR count). The van der Waals surface area contributed by atoms with Crippen molar-refractivity contribution < 1.29 is 4.74 Å². The van der Waals surface area contributed by atoms with Crippen molar-refractivity contribution in [2.45, 2.75) is 0 Å². The van der Waals surface area contributed by atoms with Crippen LogP contribution in [0.4, 0.5) is 0 Å². The summed E-state index contributed by atoms with van der Waals surface area (Å²) in [6.45, 7) is 0. The highest BCUT2D eigenvalue weighted by Crippen LogP contribution is 2.31. The van der Waals surface area contributed by atoms with E-state index in [4.69, 9.17) is 9.72 Å². The average molecular weight is 401 g/mol. The second-order valence-corrected chi connectivity index (χ2v) is 7.20. The number of fused-ring (bicyclic) bond motifs is 3. The van der Waals surface area contributed by atoms with Crippen molar-refractivity contribution in [3.05, 3.63) is 102 Å². The first-order valence-electron chi connectivity index (χ1n) is 10.0. The van der Waals surface area contributed by atoms with Gasteiger partial charge < -0.3 is 4.74 Å². The molecule has 148 valence electrons. The van der Waals surface area contributed by atoms with Crippen molar-refractivity contribution in [3.63, 3.8) is 0 Å². The van der Waals surface area contributed by atoms with Gasteiger partial charge >= 0.3 is 0 Å². The minimum atomic E-state index is 0.556. The van der Waals surface area contributed by atoms with Gasteiger partial charge in [-0.25, -0.2) is 4.98 Å². The van der Waals surface area contributed by atoms with E-state index in [1.807, 2.05) is 78.9 Å². The largest absolute Gasteiger partial charge is 0.497 e. The highest BCUT2D eigenvalue weighted by Gasteiger charge is 2.16. The fraction of sp³-hybridized carbons (Fsp3) is 0.0370. The Labute approximate surface area is 180 Å². The van der Waals surface area contributed by atoms with Crippen LogP contribution in [0.3, 0.4) is 0 Å². The molecule has 0 aliphatic rings. The van der Waals surface area contributed by atoms with Gasteiger partial charge in [0.1, 0.15) is 17.4 Å². The lowest BCUT2D eigenvalue weighted by Gasteiger charge is -2.11. The molecule has 0 fully saturated rings. The minimum absolute atomic E-state index is 0.556. The zero-order valence-corrected chi connectivity index (χ0v) is 17.0. The zero-order chi connectivity index (χ0) is 21.2. The number of hydrogen-bond donors (Lipinski definition) is 0. The van der Waals surface area contributed by atoms with Gasteiger partial charge in [-0.3, -0.25) is 4.40 Å². The van der Waals surface area contributed by atoms with Gasteiger partial charge in [0.15, 0.2) is 5.65 Å². The fourth-order valence-electron chi connectivity index (χ4n) is 3.82. The summed E-state index contributed by atoms with van der Waals surface area (Å²) in [5.41, 5.74) is 7.00. The van der Waals surface area contributed by atoms with Crippen LogP contribution in [0.15, 0.2) is 84.9 Å². The quantitative estimate of drug-likeness (QED) is 0.360. The predicted octanol–water partition coefficient (Wildman–Crippen LogP) is 6.21. The number of pyridine rings is 1. The molecule has 0 radical (unpaired) electrons. The normalized spacial score (nSPS) is 11.2. The Bertz CT molecular complexity index is 1460. The van der Waals surface area contributed by atoms with E-state index >= 15 is 0 Å². The molecule has 0 aliphatic heterocycles. The maximum atomic E-state index is 10.0. The molecule has 0 atom stereocenters. The number of ether oxygens (including phenoxy) is 1. The van der Waals surface area contributed by atoms with Crippen LogP contribution in [0.2, 0.25) is 0 Å². The Balaban J connectivity index is 1.76. The SMILES string of the molecule is COc1ccc(/C=C/c2cc(-c3ccccc3)n3c(nc4ccccc43)c2C#N)cc1. The number of nitriles is 1. The van der Waals surface area contributed by atoms with E-state index in [0.29, 0.717) is 11.2 Å². The van der Waals surface area contributed by atoms with Crippen LogP contribution in [0.1, 0.15) is 16.7 Å². The maximum Gasteiger partial charge on any atom is 0.157 e. The van der Waals surface area contributed by atoms with Crippen LogP contribution in [-0.2, 0) is 0 Å². The number of hydrogen-bond acceptors (Lipinski definition) is 3. The van der Waals surface area contributed by atoms with Gasteiger partial charge in [-0.1, -0.05) is 66.7 Å². The third-order valence-corrected chi connectivity index (χ3v) is 5.36. The fourth-order valence-corrected chi connectivity index (χ4v) is 3.82. The van der Waals surface area contributed by atoms with Crippen LogP contribution >= 0.6 is 0 Å². The summed E-state index contributed by atoms with van der Waals surface area (Å²) < 4.78 is 7.31. The molecule has 0 unspecified atom stereocenters. The number of methoxy groups -OCH3 is 1. The lowest BCUT2D eigenvalue weighted by molar-refractivity contribution is 0.415.